The summed E-state index contributed by atoms with van der Waals surface area (Å²) in [5.74, 6) is -1.41. The Morgan fingerprint density at radius 3 is 2.46 bits per heavy atom. The number of benzene rings is 1. The molecule has 0 spiro atoms. The second-order valence-corrected chi connectivity index (χ2v) is 7.09. The first-order chi connectivity index (χ1) is 12.1. The maximum absolute atomic E-state index is 12.6. The summed E-state index contributed by atoms with van der Waals surface area (Å²) in [6.45, 7) is 2.15. The minimum atomic E-state index is -5.84. The number of ether oxygens (including phenoxy) is 1. The average molecular weight is 393 g/mol. The van der Waals surface area contributed by atoms with Gasteiger partial charge in [-0.2, -0.15) is 21.6 Å². The summed E-state index contributed by atoms with van der Waals surface area (Å²) in [4.78, 5) is 13.9. The highest BCUT2D eigenvalue weighted by Crippen LogP contribution is 2.30. The maximum Gasteiger partial charge on any atom is 0.534 e. The third kappa shape index (κ3) is 4.98. The van der Waals surface area contributed by atoms with Crippen LogP contribution in [0.4, 0.5) is 13.2 Å². The lowest BCUT2D eigenvalue weighted by atomic mass is 10.1. The normalized spacial score (nSPS) is 16.5. The monoisotopic (exact) mass is 393 g/mol. The lowest BCUT2D eigenvalue weighted by Gasteiger charge is -2.29. The number of rotatable bonds is 6. The summed E-state index contributed by atoms with van der Waals surface area (Å²) in [6, 6.07) is 9.26. The Kier molecular flexibility index (Phi) is 6.30. The van der Waals surface area contributed by atoms with Crippen molar-refractivity contribution < 1.29 is 35.3 Å². The van der Waals surface area contributed by atoms with E-state index in [1.165, 1.54) is 6.92 Å². The molecule has 1 aliphatic rings. The van der Waals surface area contributed by atoms with E-state index >= 15 is 0 Å². The molecule has 0 saturated heterocycles. The quantitative estimate of drug-likeness (QED) is 0.420. The van der Waals surface area contributed by atoms with Crippen LogP contribution in [-0.2, 0) is 30.4 Å². The fraction of sp³-hybridized carbons (Fsp3) is 0.438. The van der Waals surface area contributed by atoms with Gasteiger partial charge in [-0.1, -0.05) is 30.3 Å². The first kappa shape index (κ1) is 20.2. The van der Waals surface area contributed by atoms with Crippen LogP contribution in [0.1, 0.15) is 18.9 Å². The molecule has 0 bridgehead atoms. The van der Waals surface area contributed by atoms with E-state index < -0.39 is 27.4 Å². The molecule has 0 amide bonds. The van der Waals surface area contributed by atoms with Crippen LogP contribution >= 0.6 is 0 Å². The highest BCUT2D eigenvalue weighted by Gasteiger charge is 2.49. The van der Waals surface area contributed by atoms with Crippen molar-refractivity contribution in [2.75, 3.05) is 19.7 Å². The van der Waals surface area contributed by atoms with Crippen LogP contribution in [-0.4, -0.2) is 44.5 Å². The topological polar surface area (TPSA) is 72.9 Å². The van der Waals surface area contributed by atoms with Gasteiger partial charge < -0.3 is 8.92 Å². The number of halogens is 3. The van der Waals surface area contributed by atoms with Gasteiger partial charge in [0.05, 0.1) is 12.2 Å². The van der Waals surface area contributed by atoms with Crippen LogP contribution in [0.15, 0.2) is 41.7 Å². The average Bonchev–Trinajstić information content (AvgIpc) is 2.56. The molecule has 2 rings (SSSR count). The van der Waals surface area contributed by atoms with Crippen molar-refractivity contribution in [2.45, 2.75) is 25.4 Å². The Bertz CT molecular complexity index is 775. The van der Waals surface area contributed by atoms with Crippen LogP contribution in [0, 0.1) is 0 Å². The van der Waals surface area contributed by atoms with Gasteiger partial charge >= 0.3 is 21.6 Å². The van der Waals surface area contributed by atoms with Gasteiger partial charge in [0.25, 0.3) is 0 Å². The van der Waals surface area contributed by atoms with Crippen molar-refractivity contribution in [1.82, 2.24) is 4.90 Å². The second-order valence-electron chi connectivity index (χ2n) is 5.55. The lowest BCUT2D eigenvalue weighted by molar-refractivity contribution is -0.139. The zero-order valence-electron chi connectivity index (χ0n) is 14.0. The molecule has 1 aliphatic heterocycles. The third-order valence-corrected chi connectivity index (χ3v) is 4.63. The van der Waals surface area contributed by atoms with Crippen molar-refractivity contribution >= 4 is 16.1 Å². The van der Waals surface area contributed by atoms with E-state index in [1.807, 2.05) is 30.3 Å². The van der Waals surface area contributed by atoms with E-state index in [0.29, 0.717) is 6.54 Å². The molecule has 1 aromatic rings. The van der Waals surface area contributed by atoms with Crippen molar-refractivity contribution in [3.8, 4) is 0 Å². The molecule has 26 heavy (non-hydrogen) atoms. The fourth-order valence-electron chi connectivity index (χ4n) is 2.45. The minimum Gasteiger partial charge on any atom is -0.462 e. The third-order valence-electron chi connectivity index (χ3n) is 3.64. The van der Waals surface area contributed by atoms with Crippen LogP contribution in [0.3, 0.4) is 0 Å². The van der Waals surface area contributed by atoms with Crippen LogP contribution in [0.25, 0.3) is 0 Å². The first-order valence-electron chi connectivity index (χ1n) is 7.80. The van der Waals surface area contributed by atoms with Gasteiger partial charge in [0.15, 0.2) is 0 Å². The van der Waals surface area contributed by atoms with E-state index in [9.17, 15) is 26.4 Å². The van der Waals surface area contributed by atoms with E-state index in [2.05, 4.69) is 4.18 Å². The number of nitrogens with zero attached hydrogens (tertiary/aromatic N) is 1. The number of carbonyl (C=O) groups excluding carboxylic acids is 1. The number of alkyl halides is 3. The molecule has 10 heteroatoms. The van der Waals surface area contributed by atoms with E-state index in [4.69, 9.17) is 4.74 Å². The maximum atomic E-state index is 12.6. The molecule has 0 unspecified atom stereocenters. The summed E-state index contributed by atoms with van der Waals surface area (Å²) >= 11 is 0. The largest absolute Gasteiger partial charge is 0.534 e. The molecular formula is C16H18F3NO5S. The first-order valence-corrected chi connectivity index (χ1v) is 9.21. The van der Waals surface area contributed by atoms with Gasteiger partial charge in [0, 0.05) is 26.1 Å². The molecule has 0 radical (unpaired) electrons. The zero-order chi connectivity index (χ0) is 19.4. The Labute approximate surface area is 149 Å². The molecule has 1 aromatic carbocycles. The molecule has 0 fully saturated rings. The smallest absolute Gasteiger partial charge is 0.462 e. The van der Waals surface area contributed by atoms with Gasteiger partial charge in [-0.3, -0.25) is 4.90 Å². The van der Waals surface area contributed by atoms with E-state index in [1.54, 1.807) is 4.90 Å². The molecule has 1 heterocycles. The lowest BCUT2D eigenvalue weighted by Crippen LogP contribution is -2.36. The van der Waals surface area contributed by atoms with Crippen LogP contribution in [0.5, 0.6) is 0 Å². The van der Waals surface area contributed by atoms with Crippen molar-refractivity contribution in [3.05, 3.63) is 47.2 Å². The summed E-state index contributed by atoms with van der Waals surface area (Å²) in [7, 11) is -5.84. The highest BCUT2D eigenvalue weighted by molar-refractivity contribution is 7.87. The second kappa shape index (κ2) is 8.09. The molecule has 0 atom stereocenters. The van der Waals surface area contributed by atoms with Gasteiger partial charge in [0.1, 0.15) is 5.76 Å². The molecule has 6 nitrogen and oxygen atoms in total. The van der Waals surface area contributed by atoms with Crippen LogP contribution in [0.2, 0.25) is 0 Å². The SMILES string of the molecule is CCOC(=O)C1=C(OS(=O)(=O)C(F)(F)F)CCN(Cc2ccccc2)C1. The summed E-state index contributed by atoms with van der Waals surface area (Å²) in [6.07, 6.45) is -0.156. The van der Waals surface area contributed by atoms with Gasteiger partial charge in [-0.15, -0.1) is 0 Å². The van der Waals surface area contributed by atoms with Crippen molar-refractivity contribution in [3.63, 3.8) is 0 Å². The van der Waals surface area contributed by atoms with Gasteiger partial charge in [0.2, 0.25) is 0 Å². The molecule has 0 aromatic heterocycles. The number of esters is 1. The number of hydrogen-bond acceptors (Lipinski definition) is 6. The van der Waals surface area contributed by atoms with Crippen LogP contribution < -0.4 is 0 Å². The minimum absolute atomic E-state index is 0.000317. The Balaban J connectivity index is 2.25. The summed E-state index contributed by atoms with van der Waals surface area (Å²) < 4.78 is 69.3. The molecular weight excluding hydrogens is 375 g/mol. The van der Waals surface area contributed by atoms with Gasteiger partial charge in [-0.05, 0) is 12.5 Å². The fourth-order valence-corrected chi connectivity index (χ4v) is 2.99. The molecule has 0 aliphatic carbocycles. The van der Waals surface area contributed by atoms with E-state index in [0.717, 1.165) is 5.56 Å². The standard InChI is InChI=1S/C16H18F3NO5S/c1-2-24-15(21)13-11-20(10-12-6-4-3-5-7-12)9-8-14(13)25-26(22,23)16(17,18)19/h3-7H,2,8-11H2,1H3. The predicted octanol–water partition coefficient (Wildman–Crippen LogP) is 2.58. The number of hydrogen-bond donors (Lipinski definition) is 0. The van der Waals surface area contributed by atoms with Crippen molar-refractivity contribution in [2.24, 2.45) is 0 Å². The number of carbonyl (C=O) groups is 1. The van der Waals surface area contributed by atoms with Gasteiger partial charge in [-0.25, -0.2) is 4.79 Å². The molecule has 0 N–H and O–H groups in total. The predicted molar refractivity (Wildman–Crippen MR) is 86.1 cm³/mol. The zero-order valence-corrected chi connectivity index (χ0v) is 14.8. The summed E-state index contributed by atoms with van der Waals surface area (Å²) in [5.41, 5.74) is -4.84. The Morgan fingerprint density at radius 1 is 1.23 bits per heavy atom. The Morgan fingerprint density at radius 2 is 1.88 bits per heavy atom. The van der Waals surface area contributed by atoms with Crippen molar-refractivity contribution in [1.29, 1.82) is 0 Å². The highest BCUT2D eigenvalue weighted by atomic mass is 32.2. The van der Waals surface area contributed by atoms with E-state index in [-0.39, 0.29) is 31.7 Å². The Hall–Kier alpha value is -2.07. The molecule has 0 saturated carbocycles. The molecule has 144 valence electrons. The summed E-state index contributed by atoms with van der Waals surface area (Å²) in [5, 5.41) is 0.